The first-order valence-corrected chi connectivity index (χ1v) is 7.91. The highest BCUT2D eigenvalue weighted by Crippen LogP contribution is 2.18. The zero-order valence-electron chi connectivity index (χ0n) is 13.9. The van der Waals surface area contributed by atoms with E-state index >= 15 is 0 Å². The Hall–Kier alpha value is -1.71. The average molecular weight is 359 g/mol. The number of halogens is 1. The highest BCUT2D eigenvalue weighted by atomic mass is 35.5. The number of likely N-dealkylation sites (N-methyl/N-ethyl adjacent to an activating group) is 2. The van der Waals surface area contributed by atoms with E-state index in [1.807, 2.05) is 14.0 Å². The number of rotatable bonds is 4. The van der Waals surface area contributed by atoms with Gasteiger partial charge in [-0.15, -0.1) is 12.4 Å². The number of nitrogens with one attached hydrogen (secondary N) is 1. The van der Waals surface area contributed by atoms with Gasteiger partial charge < -0.3 is 19.6 Å². The fourth-order valence-corrected chi connectivity index (χ4v) is 2.89. The van der Waals surface area contributed by atoms with Crippen molar-refractivity contribution in [3.05, 3.63) is 11.7 Å². The summed E-state index contributed by atoms with van der Waals surface area (Å²) < 4.78 is 5.27. The van der Waals surface area contributed by atoms with Crippen molar-refractivity contribution in [3.63, 3.8) is 0 Å². The van der Waals surface area contributed by atoms with Crippen LogP contribution in [0.3, 0.4) is 0 Å². The topological polar surface area (TPSA) is 94.8 Å². The Bertz CT molecular complexity index is 595. The number of hydrogen-bond donors (Lipinski definition) is 1. The molecule has 0 radical (unpaired) electrons. The third-order valence-electron chi connectivity index (χ3n) is 4.40. The maximum Gasteiger partial charge on any atom is 0.312 e. The van der Waals surface area contributed by atoms with E-state index in [9.17, 15) is 9.59 Å². The molecule has 1 N–H and O–H groups in total. The number of nitrogens with zero attached hydrogens (tertiary/aromatic N) is 5. The van der Waals surface area contributed by atoms with Gasteiger partial charge in [0, 0.05) is 39.3 Å². The Kier molecular flexibility index (Phi) is 6.14. The van der Waals surface area contributed by atoms with E-state index in [1.165, 1.54) is 4.90 Å². The maximum atomic E-state index is 12.1. The first-order chi connectivity index (χ1) is 11.1. The standard InChI is InChI=1S/C14H22N6O3.ClH/c1-3-19-6-7-20(14(22)13(19)21)9-11-16-12(17-23-11)10-8-15-4-5-18(10)2;/h10,15H,3-9H2,1-2H3;1H. The van der Waals surface area contributed by atoms with Crippen molar-refractivity contribution in [2.24, 2.45) is 0 Å². The van der Waals surface area contributed by atoms with Crippen LogP contribution in [0, 0.1) is 0 Å². The van der Waals surface area contributed by atoms with Crippen molar-refractivity contribution < 1.29 is 14.1 Å². The fraction of sp³-hybridized carbons (Fsp3) is 0.714. The summed E-state index contributed by atoms with van der Waals surface area (Å²) in [6.07, 6.45) is 0. The first-order valence-electron chi connectivity index (χ1n) is 7.91. The van der Waals surface area contributed by atoms with Crippen LogP contribution >= 0.6 is 12.4 Å². The van der Waals surface area contributed by atoms with Gasteiger partial charge in [-0.2, -0.15) is 4.98 Å². The van der Waals surface area contributed by atoms with E-state index in [0.29, 0.717) is 31.3 Å². The molecule has 0 aromatic carbocycles. The van der Waals surface area contributed by atoms with Crippen molar-refractivity contribution in [2.75, 3.05) is 46.3 Å². The highest BCUT2D eigenvalue weighted by Gasteiger charge is 2.33. The van der Waals surface area contributed by atoms with Gasteiger partial charge in [0.05, 0.1) is 6.04 Å². The molecular formula is C14H23ClN6O3. The summed E-state index contributed by atoms with van der Waals surface area (Å²) in [7, 11) is 2.02. The smallest absolute Gasteiger partial charge is 0.312 e. The first kappa shape index (κ1) is 18.6. The van der Waals surface area contributed by atoms with Gasteiger partial charge in [-0.1, -0.05) is 5.16 Å². The van der Waals surface area contributed by atoms with Gasteiger partial charge in [0.1, 0.15) is 6.54 Å². The Morgan fingerprint density at radius 2 is 1.92 bits per heavy atom. The predicted molar refractivity (Wildman–Crippen MR) is 87.5 cm³/mol. The van der Waals surface area contributed by atoms with Crippen LogP contribution in [0.15, 0.2) is 4.52 Å². The summed E-state index contributed by atoms with van der Waals surface area (Å²) in [5.41, 5.74) is 0. The molecule has 0 aliphatic carbocycles. The van der Waals surface area contributed by atoms with Gasteiger partial charge in [-0.3, -0.25) is 14.5 Å². The van der Waals surface area contributed by atoms with Gasteiger partial charge in [0.25, 0.3) is 0 Å². The molecule has 1 aromatic heterocycles. The average Bonchev–Trinajstić information content (AvgIpc) is 3.01. The van der Waals surface area contributed by atoms with E-state index < -0.39 is 11.8 Å². The Morgan fingerprint density at radius 1 is 1.21 bits per heavy atom. The number of amides is 2. The molecule has 2 saturated heterocycles. The molecule has 3 rings (SSSR count). The lowest BCUT2D eigenvalue weighted by molar-refractivity contribution is -0.156. The van der Waals surface area contributed by atoms with Crippen LogP contribution in [0.4, 0.5) is 0 Å². The quantitative estimate of drug-likeness (QED) is 0.708. The minimum Gasteiger partial charge on any atom is -0.337 e. The molecule has 9 nitrogen and oxygen atoms in total. The Balaban J connectivity index is 0.00000208. The third kappa shape index (κ3) is 3.68. The molecule has 1 aromatic rings. The second-order valence-electron chi connectivity index (χ2n) is 5.86. The number of piperazine rings is 2. The second kappa shape index (κ2) is 7.91. The molecule has 3 heterocycles. The van der Waals surface area contributed by atoms with Crippen LogP contribution < -0.4 is 5.32 Å². The van der Waals surface area contributed by atoms with E-state index in [2.05, 4.69) is 20.4 Å². The number of aromatic nitrogens is 2. The molecule has 0 saturated carbocycles. The molecule has 2 aliphatic heterocycles. The number of hydrogen-bond acceptors (Lipinski definition) is 7. The molecule has 0 spiro atoms. The molecule has 2 aliphatic rings. The van der Waals surface area contributed by atoms with Gasteiger partial charge in [0.2, 0.25) is 5.89 Å². The predicted octanol–water partition coefficient (Wildman–Crippen LogP) is -0.742. The molecule has 2 amide bonds. The summed E-state index contributed by atoms with van der Waals surface area (Å²) in [6, 6.07) is 0.0653. The van der Waals surface area contributed by atoms with Crippen molar-refractivity contribution in [1.82, 2.24) is 30.2 Å². The molecule has 24 heavy (non-hydrogen) atoms. The molecule has 10 heteroatoms. The largest absolute Gasteiger partial charge is 0.337 e. The lowest BCUT2D eigenvalue weighted by Crippen LogP contribution is -2.53. The van der Waals surface area contributed by atoms with Crippen LogP contribution in [-0.4, -0.2) is 83.0 Å². The zero-order chi connectivity index (χ0) is 16.4. The van der Waals surface area contributed by atoms with E-state index in [4.69, 9.17) is 4.52 Å². The zero-order valence-corrected chi connectivity index (χ0v) is 14.7. The third-order valence-corrected chi connectivity index (χ3v) is 4.40. The molecule has 1 unspecified atom stereocenters. The van der Waals surface area contributed by atoms with Crippen molar-refractivity contribution >= 4 is 24.2 Å². The van der Waals surface area contributed by atoms with E-state index in [-0.39, 0.29) is 25.0 Å². The van der Waals surface area contributed by atoms with E-state index in [1.54, 1.807) is 4.90 Å². The minimum absolute atomic E-state index is 0. The van der Waals surface area contributed by atoms with E-state index in [0.717, 1.165) is 19.6 Å². The summed E-state index contributed by atoms with van der Waals surface area (Å²) in [4.78, 5) is 33.6. The van der Waals surface area contributed by atoms with Gasteiger partial charge in [-0.25, -0.2) is 0 Å². The monoisotopic (exact) mass is 358 g/mol. The van der Waals surface area contributed by atoms with Crippen LogP contribution in [0.2, 0.25) is 0 Å². The lowest BCUT2D eigenvalue weighted by atomic mass is 10.2. The van der Waals surface area contributed by atoms with Crippen LogP contribution in [0.5, 0.6) is 0 Å². The second-order valence-corrected chi connectivity index (χ2v) is 5.86. The summed E-state index contributed by atoms with van der Waals surface area (Å²) in [5.74, 6) is 0.00902. The summed E-state index contributed by atoms with van der Waals surface area (Å²) in [6.45, 7) is 6.24. The summed E-state index contributed by atoms with van der Waals surface area (Å²) in [5, 5.41) is 7.33. The summed E-state index contributed by atoms with van der Waals surface area (Å²) >= 11 is 0. The van der Waals surface area contributed by atoms with Crippen molar-refractivity contribution in [2.45, 2.75) is 19.5 Å². The van der Waals surface area contributed by atoms with Crippen LogP contribution in [0.1, 0.15) is 24.7 Å². The van der Waals surface area contributed by atoms with Gasteiger partial charge in [0.15, 0.2) is 5.82 Å². The molecule has 1 atom stereocenters. The maximum absolute atomic E-state index is 12.1. The van der Waals surface area contributed by atoms with Crippen LogP contribution in [-0.2, 0) is 16.1 Å². The molecule has 134 valence electrons. The highest BCUT2D eigenvalue weighted by molar-refractivity contribution is 6.35. The van der Waals surface area contributed by atoms with Crippen LogP contribution in [0.25, 0.3) is 0 Å². The Labute approximate surface area is 146 Å². The molecule has 0 bridgehead atoms. The SMILES string of the molecule is CCN1CCN(Cc2nc(C3CNCCN3C)no2)C(=O)C1=O.Cl. The lowest BCUT2D eigenvalue weighted by Gasteiger charge is -2.32. The number of carbonyl (C=O) groups excluding carboxylic acids is 2. The normalized spacial score (nSPS) is 22.7. The fourth-order valence-electron chi connectivity index (χ4n) is 2.89. The minimum atomic E-state index is -0.505. The van der Waals surface area contributed by atoms with Crippen molar-refractivity contribution in [1.29, 1.82) is 0 Å². The number of carbonyl (C=O) groups is 2. The molecule has 2 fully saturated rings. The Morgan fingerprint density at radius 3 is 2.62 bits per heavy atom. The molecular weight excluding hydrogens is 336 g/mol. The van der Waals surface area contributed by atoms with Gasteiger partial charge >= 0.3 is 11.8 Å². The van der Waals surface area contributed by atoms with Gasteiger partial charge in [-0.05, 0) is 14.0 Å². The van der Waals surface area contributed by atoms with Crippen molar-refractivity contribution in [3.8, 4) is 0 Å².